The number of hydrogen-bond donors (Lipinski definition) is 0. The molecule has 0 fully saturated rings. The molecular weight excluding hydrogens is 434 g/mol. The maximum Gasteiger partial charge on any atom is 0.339 e. The lowest BCUT2D eigenvalue weighted by Crippen LogP contribution is -2.11. The molecule has 0 amide bonds. The molecule has 5 nitrogen and oxygen atoms in total. The molecule has 0 saturated heterocycles. The van der Waals surface area contributed by atoms with Crippen LogP contribution in [0.25, 0.3) is 11.6 Å². The Morgan fingerprint density at radius 1 is 1.10 bits per heavy atom. The van der Waals surface area contributed by atoms with Crippen molar-refractivity contribution in [2.24, 2.45) is 0 Å². The molecule has 0 radical (unpaired) electrons. The third kappa shape index (κ3) is 5.46. The number of aryl methyl sites for hydroxylation is 1. The van der Waals surface area contributed by atoms with Crippen molar-refractivity contribution in [3.05, 3.63) is 88.4 Å². The topological polar surface area (TPSA) is 76.4 Å². The van der Waals surface area contributed by atoms with E-state index in [0.717, 1.165) is 11.1 Å². The molecule has 3 aromatic carbocycles. The Morgan fingerprint density at radius 2 is 1.77 bits per heavy atom. The second kappa shape index (κ2) is 9.69. The Bertz CT molecular complexity index is 1250. The minimum absolute atomic E-state index is 0.00336. The van der Waals surface area contributed by atoms with Gasteiger partial charge in [0.25, 0.3) is 0 Å². The van der Waals surface area contributed by atoms with E-state index in [1.807, 2.05) is 31.2 Å². The van der Waals surface area contributed by atoms with Crippen LogP contribution in [-0.4, -0.2) is 15.0 Å². The molecule has 0 bridgehead atoms. The summed E-state index contributed by atoms with van der Waals surface area (Å²) in [5.74, 6) is 0.0697. The molecule has 0 saturated carbocycles. The highest BCUT2D eigenvalue weighted by atomic mass is 35.5. The summed E-state index contributed by atoms with van der Waals surface area (Å²) in [5, 5.41) is 9.65. The van der Waals surface area contributed by atoms with Crippen molar-refractivity contribution in [2.45, 2.75) is 18.7 Å². The van der Waals surface area contributed by atoms with E-state index in [4.69, 9.17) is 20.5 Å². The molecule has 0 aliphatic rings. The van der Waals surface area contributed by atoms with E-state index in [9.17, 15) is 13.7 Å². The summed E-state index contributed by atoms with van der Waals surface area (Å²) in [7, 11) is -4.10. The summed E-state index contributed by atoms with van der Waals surface area (Å²) in [6, 6.07) is 20.6. The molecule has 0 N–H and O–H groups in total. The second-order valence-corrected chi connectivity index (χ2v) is 8.60. The summed E-state index contributed by atoms with van der Waals surface area (Å²) in [6.07, 6.45) is 1.66. The van der Waals surface area contributed by atoms with E-state index < -0.39 is 10.1 Å². The van der Waals surface area contributed by atoms with E-state index in [1.165, 1.54) is 18.2 Å². The van der Waals surface area contributed by atoms with Crippen molar-refractivity contribution in [3.63, 3.8) is 0 Å². The maximum absolute atomic E-state index is 12.6. The van der Waals surface area contributed by atoms with Crippen molar-refractivity contribution in [1.29, 1.82) is 5.26 Å². The normalized spacial score (nSPS) is 11.6. The fourth-order valence-corrected chi connectivity index (χ4v) is 4.12. The summed E-state index contributed by atoms with van der Waals surface area (Å²) in [4.78, 5) is 0.00336. The predicted molar refractivity (Wildman–Crippen MR) is 122 cm³/mol. The largest absolute Gasteiger partial charge is 0.490 e. The fraction of sp³-hybridized carbons (Fsp3) is 0.125. The van der Waals surface area contributed by atoms with Crippen LogP contribution in [0.2, 0.25) is 5.02 Å². The van der Waals surface area contributed by atoms with E-state index in [2.05, 4.69) is 6.07 Å². The number of nitrogens with zero attached hydrogens (tertiary/aromatic N) is 1. The lowest BCUT2D eigenvalue weighted by Gasteiger charge is -2.14. The van der Waals surface area contributed by atoms with Crippen LogP contribution in [0.5, 0.6) is 11.5 Å². The van der Waals surface area contributed by atoms with Gasteiger partial charge in [-0.1, -0.05) is 59.6 Å². The first-order valence-corrected chi connectivity index (χ1v) is 11.3. The van der Waals surface area contributed by atoms with Crippen LogP contribution < -0.4 is 8.92 Å². The molecule has 3 aromatic rings. The monoisotopic (exact) mass is 453 g/mol. The molecule has 0 aliphatic carbocycles. The highest BCUT2D eigenvalue weighted by Crippen LogP contribution is 2.39. The predicted octanol–water partition coefficient (Wildman–Crippen LogP) is 5.88. The average molecular weight is 454 g/mol. The highest BCUT2D eigenvalue weighted by Gasteiger charge is 2.22. The molecule has 0 aliphatic heterocycles. The molecule has 0 unspecified atom stereocenters. The van der Waals surface area contributed by atoms with Crippen LogP contribution >= 0.6 is 11.6 Å². The van der Waals surface area contributed by atoms with Gasteiger partial charge in [-0.3, -0.25) is 0 Å². The van der Waals surface area contributed by atoms with Crippen molar-refractivity contribution < 1.29 is 17.3 Å². The Balaban J connectivity index is 2.02. The zero-order valence-electron chi connectivity index (χ0n) is 17.0. The van der Waals surface area contributed by atoms with Crippen molar-refractivity contribution >= 4 is 33.4 Å². The van der Waals surface area contributed by atoms with Gasteiger partial charge in [0.1, 0.15) is 4.90 Å². The van der Waals surface area contributed by atoms with Crippen molar-refractivity contribution in [3.8, 4) is 17.6 Å². The van der Waals surface area contributed by atoms with Crippen LogP contribution in [0.1, 0.15) is 23.6 Å². The maximum atomic E-state index is 12.6. The second-order valence-electron chi connectivity index (χ2n) is 6.65. The molecule has 0 spiro atoms. The fourth-order valence-electron chi connectivity index (χ4n) is 2.84. The van der Waals surface area contributed by atoms with E-state index in [-0.39, 0.29) is 28.0 Å². The van der Waals surface area contributed by atoms with Crippen LogP contribution in [-0.2, 0) is 10.1 Å². The molecule has 0 atom stereocenters. The molecule has 31 heavy (non-hydrogen) atoms. The zero-order chi connectivity index (χ0) is 22.4. The number of rotatable bonds is 7. The van der Waals surface area contributed by atoms with Crippen LogP contribution in [0.15, 0.2) is 71.6 Å². The smallest absolute Gasteiger partial charge is 0.339 e. The van der Waals surface area contributed by atoms with Gasteiger partial charge in [0, 0.05) is 0 Å². The minimum atomic E-state index is -4.10. The number of nitriles is 1. The van der Waals surface area contributed by atoms with Crippen LogP contribution in [0.3, 0.4) is 0 Å². The van der Waals surface area contributed by atoms with Gasteiger partial charge in [-0.15, -0.1) is 0 Å². The first-order valence-electron chi connectivity index (χ1n) is 9.48. The Kier molecular flexibility index (Phi) is 7.01. The quantitative estimate of drug-likeness (QED) is 0.253. The van der Waals surface area contributed by atoms with E-state index in [1.54, 1.807) is 37.3 Å². The Morgan fingerprint density at radius 3 is 2.39 bits per heavy atom. The summed E-state index contributed by atoms with van der Waals surface area (Å²) < 4.78 is 36.2. The first kappa shape index (κ1) is 22.4. The van der Waals surface area contributed by atoms with Gasteiger partial charge in [-0.05, 0) is 55.3 Å². The van der Waals surface area contributed by atoms with Gasteiger partial charge in [0.05, 0.1) is 23.3 Å². The molecule has 0 aromatic heterocycles. The minimum Gasteiger partial charge on any atom is -0.490 e. The SMILES string of the molecule is CCOc1cc(/C=C(\C#N)c2ccc(C)cc2)cc(Cl)c1OS(=O)(=O)c1ccccc1. The third-order valence-corrected chi connectivity index (χ3v) is 5.87. The van der Waals surface area contributed by atoms with Crippen LogP contribution in [0.4, 0.5) is 0 Å². The number of benzene rings is 3. The number of ether oxygens (including phenoxy) is 1. The van der Waals surface area contributed by atoms with Crippen molar-refractivity contribution in [2.75, 3.05) is 6.61 Å². The highest BCUT2D eigenvalue weighted by molar-refractivity contribution is 7.87. The number of halogens is 1. The number of hydrogen-bond acceptors (Lipinski definition) is 5. The standard InChI is InChI=1S/C24H20ClNO4S/c1-3-29-23-15-18(13-20(16-26)19-11-9-17(2)10-12-19)14-22(25)24(23)30-31(27,28)21-7-5-4-6-8-21/h4-15H,3H2,1-2H3/b20-13+. The van der Waals surface area contributed by atoms with Gasteiger partial charge in [0.15, 0.2) is 5.75 Å². The van der Waals surface area contributed by atoms with Gasteiger partial charge >= 0.3 is 10.1 Å². The van der Waals surface area contributed by atoms with Gasteiger partial charge in [-0.25, -0.2) is 0 Å². The summed E-state index contributed by atoms with van der Waals surface area (Å²) in [6.45, 7) is 4.00. The van der Waals surface area contributed by atoms with Gasteiger partial charge in [-0.2, -0.15) is 13.7 Å². The van der Waals surface area contributed by atoms with Crippen molar-refractivity contribution in [1.82, 2.24) is 0 Å². The number of allylic oxidation sites excluding steroid dienone is 1. The lowest BCUT2D eigenvalue weighted by atomic mass is 10.0. The first-order chi connectivity index (χ1) is 14.8. The molecular formula is C24H20ClNO4S. The molecule has 158 valence electrons. The van der Waals surface area contributed by atoms with Gasteiger partial charge < -0.3 is 8.92 Å². The molecule has 7 heteroatoms. The van der Waals surface area contributed by atoms with Gasteiger partial charge in [0.2, 0.25) is 5.75 Å². The van der Waals surface area contributed by atoms with E-state index in [0.29, 0.717) is 11.1 Å². The summed E-state index contributed by atoms with van der Waals surface area (Å²) in [5.41, 5.74) is 2.86. The zero-order valence-corrected chi connectivity index (χ0v) is 18.6. The Labute approximate surface area is 187 Å². The average Bonchev–Trinajstić information content (AvgIpc) is 2.76. The molecule has 0 heterocycles. The molecule has 3 rings (SSSR count). The van der Waals surface area contributed by atoms with E-state index >= 15 is 0 Å². The summed E-state index contributed by atoms with van der Waals surface area (Å²) >= 11 is 6.38. The third-order valence-electron chi connectivity index (χ3n) is 4.35. The Hall–Kier alpha value is -3.27. The lowest BCUT2D eigenvalue weighted by molar-refractivity contribution is 0.327. The van der Waals surface area contributed by atoms with Crippen LogP contribution in [0, 0.1) is 18.3 Å².